The van der Waals surface area contributed by atoms with Gasteiger partial charge in [0.2, 0.25) is 0 Å². The maximum absolute atomic E-state index is 11.5. The van der Waals surface area contributed by atoms with E-state index in [1.54, 1.807) is 0 Å². The lowest BCUT2D eigenvalue weighted by molar-refractivity contribution is -0.140. The van der Waals surface area contributed by atoms with Gasteiger partial charge in [0, 0.05) is 0 Å². The molecule has 0 aromatic carbocycles. The summed E-state index contributed by atoms with van der Waals surface area (Å²) in [5, 5.41) is 8.52. The van der Waals surface area contributed by atoms with E-state index in [0.717, 1.165) is 16.7 Å². The lowest BCUT2D eigenvalue weighted by Crippen LogP contribution is -2.33. The summed E-state index contributed by atoms with van der Waals surface area (Å²) in [5.41, 5.74) is 0. The number of carbonyl (C=O) groups excluding carboxylic acids is 1. The average Bonchev–Trinajstić information content (AvgIpc) is 2.33. The molecule has 1 fully saturated rings. The van der Waals surface area contributed by atoms with Gasteiger partial charge >= 0.3 is 5.97 Å². The molecule has 0 aromatic heterocycles. The van der Waals surface area contributed by atoms with Gasteiger partial charge in [-0.05, 0) is 6.08 Å². The molecule has 1 aliphatic heterocycles. The predicted molar refractivity (Wildman–Crippen MR) is 57.8 cm³/mol. The Morgan fingerprint density at radius 2 is 2.36 bits per heavy atom. The molecule has 1 saturated heterocycles. The smallest absolute Gasteiger partial charge is 0.323 e. The fourth-order valence-corrected chi connectivity index (χ4v) is 2.12. The van der Waals surface area contributed by atoms with E-state index in [4.69, 9.17) is 17.3 Å². The van der Waals surface area contributed by atoms with Gasteiger partial charge in [-0.15, -0.1) is 0 Å². The summed E-state index contributed by atoms with van der Waals surface area (Å²) in [7, 11) is 0. The Morgan fingerprint density at radius 1 is 1.71 bits per heavy atom. The average molecular weight is 229 g/mol. The minimum Gasteiger partial charge on any atom is -0.480 e. The van der Waals surface area contributed by atoms with Crippen molar-refractivity contribution < 1.29 is 14.7 Å². The molecule has 1 amide bonds. The van der Waals surface area contributed by atoms with Crippen molar-refractivity contribution in [3.8, 4) is 0 Å². The highest BCUT2D eigenvalue weighted by molar-refractivity contribution is 8.26. The number of carboxylic acid groups (broad SMARTS) is 1. The summed E-state index contributed by atoms with van der Waals surface area (Å²) >= 11 is 5.94. The molecule has 0 aromatic rings. The van der Waals surface area contributed by atoms with Crippen molar-refractivity contribution in [1.82, 2.24) is 4.90 Å². The Bertz CT molecular complexity index is 348. The molecule has 0 bridgehead atoms. The van der Waals surface area contributed by atoms with Crippen LogP contribution in [0.4, 0.5) is 0 Å². The van der Waals surface area contributed by atoms with Gasteiger partial charge in [0.1, 0.15) is 10.9 Å². The SMILES string of the molecule is C=CC=C1SC(=S)N(CC(=O)O)C1=O. The molecule has 0 spiro atoms. The highest BCUT2D eigenvalue weighted by atomic mass is 32.2. The second-order valence-corrected chi connectivity index (χ2v) is 4.10. The van der Waals surface area contributed by atoms with Crippen molar-refractivity contribution in [2.75, 3.05) is 6.54 Å². The van der Waals surface area contributed by atoms with Crippen LogP contribution in [0, 0.1) is 0 Å². The second kappa shape index (κ2) is 4.39. The Kier molecular flexibility index (Phi) is 3.43. The number of hydrogen-bond acceptors (Lipinski definition) is 4. The Hall–Kier alpha value is -1.14. The number of aliphatic carboxylic acids is 1. The van der Waals surface area contributed by atoms with Crippen LogP contribution >= 0.6 is 24.0 Å². The van der Waals surface area contributed by atoms with Crippen LogP contribution in [0.15, 0.2) is 23.6 Å². The molecule has 1 rings (SSSR count). The summed E-state index contributed by atoms with van der Waals surface area (Å²) in [6, 6.07) is 0. The van der Waals surface area contributed by atoms with Crippen molar-refractivity contribution in [2.24, 2.45) is 0 Å². The minimum absolute atomic E-state index is 0.269. The Morgan fingerprint density at radius 3 is 2.86 bits per heavy atom. The Balaban J connectivity index is 2.85. The lowest BCUT2D eigenvalue weighted by atomic mass is 10.4. The van der Waals surface area contributed by atoms with Gasteiger partial charge < -0.3 is 5.11 Å². The van der Waals surface area contributed by atoms with Crippen molar-refractivity contribution in [2.45, 2.75) is 0 Å². The van der Waals surface area contributed by atoms with Gasteiger partial charge in [-0.2, -0.15) is 0 Å². The van der Waals surface area contributed by atoms with Crippen molar-refractivity contribution in [1.29, 1.82) is 0 Å². The van der Waals surface area contributed by atoms with Crippen LogP contribution in [0.25, 0.3) is 0 Å². The quantitative estimate of drug-likeness (QED) is 0.578. The second-order valence-electron chi connectivity index (χ2n) is 2.42. The summed E-state index contributed by atoms with van der Waals surface area (Å²) in [5.74, 6) is -1.46. The topological polar surface area (TPSA) is 57.6 Å². The zero-order valence-electron chi connectivity index (χ0n) is 7.10. The van der Waals surface area contributed by atoms with Gasteiger partial charge in [0.15, 0.2) is 0 Å². The number of amides is 1. The molecular formula is C8H7NO3S2. The summed E-state index contributed by atoms with van der Waals surface area (Å²) in [6.07, 6.45) is 2.98. The van der Waals surface area contributed by atoms with Crippen LogP contribution in [-0.2, 0) is 9.59 Å². The first-order valence-corrected chi connectivity index (χ1v) is 4.87. The van der Waals surface area contributed by atoms with Gasteiger partial charge in [0.25, 0.3) is 5.91 Å². The van der Waals surface area contributed by atoms with Crippen molar-refractivity contribution >= 4 is 40.2 Å². The van der Waals surface area contributed by atoms with E-state index in [1.165, 1.54) is 12.2 Å². The van der Waals surface area contributed by atoms with E-state index in [0.29, 0.717) is 4.91 Å². The third-order valence-corrected chi connectivity index (χ3v) is 2.83. The van der Waals surface area contributed by atoms with Gasteiger partial charge in [-0.25, -0.2) is 0 Å². The monoisotopic (exact) mass is 229 g/mol. The number of carboxylic acids is 1. The van der Waals surface area contributed by atoms with Crippen LogP contribution in [0.2, 0.25) is 0 Å². The first-order valence-electron chi connectivity index (χ1n) is 3.64. The van der Waals surface area contributed by atoms with Crippen LogP contribution in [0.3, 0.4) is 0 Å². The Labute approximate surface area is 90.3 Å². The number of nitrogens with zero attached hydrogens (tertiary/aromatic N) is 1. The normalized spacial score (nSPS) is 19.1. The molecule has 0 radical (unpaired) electrons. The number of thiocarbonyl (C=S) groups is 1. The third-order valence-electron chi connectivity index (χ3n) is 1.44. The number of thioether (sulfide) groups is 1. The molecule has 1 heterocycles. The zero-order valence-corrected chi connectivity index (χ0v) is 8.73. The van der Waals surface area contributed by atoms with E-state index in [1.807, 2.05) is 0 Å². The van der Waals surface area contributed by atoms with Crippen molar-refractivity contribution in [3.63, 3.8) is 0 Å². The number of rotatable bonds is 3. The van der Waals surface area contributed by atoms with E-state index >= 15 is 0 Å². The van der Waals surface area contributed by atoms with Crippen molar-refractivity contribution in [3.05, 3.63) is 23.6 Å². The number of carbonyl (C=O) groups is 2. The molecule has 0 saturated carbocycles. The molecule has 4 nitrogen and oxygen atoms in total. The molecule has 14 heavy (non-hydrogen) atoms. The highest BCUT2D eigenvalue weighted by Crippen LogP contribution is 2.30. The van der Waals surface area contributed by atoms with Crippen LogP contribution in [0.1, 0.15) is 0 Å². The highest BCUT2D eigenvalue weighted by Gasteiger charge is 2.32. The standard InChI is InChI=1S/C8H7NO3S2/c1-2-3-5-7(12)9(4-6(10)11)8(13)14-5/h2-3H,1,4H2,(H,10,11). The van der Waals surface area contributed by atoms with E-state index < -0.39 is 5.97 Å². The number of hydrogen-bond donors (Lipinski definition) is 1. The van der Waals surface area contributed by atoms with Gasteiger partial charge in [0.05, 0.1) is 4.91 Å². The molecule has 0 unspecified atom stereocenters. The summed E-state index contributed by atoms with van der Waals surface area (Å²) in [6.45, 7) is 3.06. The van der Waals surface area contributed by atoms with E-state index in [-0.39, 0.29) is 16.8 Å². The third kappa shape index (κ3) is 2.21. The van der Waals surface area contributed by atoms with Gasteiger partial charge in [-0.3, -0.25) is 14.5 Å². The largest absolute Gasteiger partial charge is 0.480 e. The van der Waals surface area contributed by atoms with Crippen LogP contribution < -0.4 is 0 Å². The first kappa shape index (κ1) is 10.9. The molecular weight excluding hydrogens is 222 g/mol. The first-order chi connectivity index (χ1) is 6.56. The lowest BCUT2D eigenvalue weighted by Gasteiger charge is -2.09. The fraction of sp³-hybridized carbons (Fsp3) is 0.125. The minimum atomic E-state index is -1.08. The fourth-order valence-electron chi connectivity index (χ4n) is 0.893. The summed E-state index contributed by atoms with van der Waals surface area (Å²) in [4.78, 5) is 23.3. The molecule has 74 valence electrons. The van der Waals surface area contributed by atoms with Crippen LogP contribution in [0.5, 0.6) is 0 Å². The molecule has 0 aliphatic carbocycles. The maximum Gasteiger partial charge on any atom is 0.323 e. The molecule has 6 heteroatoms. The molecule has 1 N–H and O–H groups in total. The number of allylic oxidation sites excluding steroid dienone is 2. The van der Waals surface area contributed by atoms with E-state index in [2.05, 4.69) is 6.58 Å². The summed E-state index contributed by atoms with van der Waals surface area (Å²) < 4.78 is 0.269. The maximum atomic E-state index is 11.5. The van der Waals surface area contributed by atoms with Gasteiger partial charge in [-0.1, -0.05) is 36.6 Å². The predicted octanol–water partition coefficient (Wildman–Crippen LogP) is 1.00. The van der Waals surface area contributed by atoms with Crippen LogP contribution in [-0.4, -0.2) is 32.7 Å². The van der Waals surface area contributed by atoms with E-state index in [9.17, 15) is 9.59 Å². The molecule has 0 atom stereocenters. The molecule has 1 aliphatic rings. The zero-order chi connectivity index (χ0) is 10.7.